The van der Waals surface area contributed by atoms with Gasteiger partial charge in [-0.2, -0.15) is 0 Å². The molecule has 0 heterocycles. The number of hydrogen-bond donors (Lipinski definition) is 3. The van der Waals surface area contributed by atoms with Crippen LogP contribution in [-0.4, -0.2) is 19.0 Å². The van der Waals surface area contributed by atoms with Crippen molar-refractivity contribution in [1.29, 1.82) is 0 Å². The van der Waals surface area contributed by atoms with Gasteiger partial charge in [0.25, 0.3) is 0 Å². The predicted octanol–water partition coefficient (Wildman–Crippen LogP) is 4.31. The summed E-state index contributed by atoms with van der Waals surface area (Å²) in [5, 5.41) is 9.51. The molecule has 0 unspecified atom stereocenters. The third kappa shape index (κ3) is 6.94. The number of hydrogen-bond acceptors (Lipinski definition) is 3. The second kappa shape index (κ2) is 11.7. The second-order valence-electron chi connectivity index (χ2n) is 5.61. The molecular formula is C19H27Cl2N3O. The van der Waals surface area contributed by atoms with Crippen molar-refractivity contribution in [2.75, 3.05) is 23.7 Å². The molecule has 6 heteroatoms. The highest BCUT2D eigenvalue weighted by atomic mass is 35.5. The molecule has 0 radical (unpaired) electrons. The number of carbonyl (C=O) groups is 1. The molecule has 3 N–H and O–H groups in total. The average molecular weight is 384 g/mol. The van der Waals surface area contributed by atoms with Crippen molar-refractivity contribution in [2.45, 2.75) is 27.3 Å². The van der Waals surface area contributed by atoms with Gasteiger partial charge in [-0.1, -0.05) is 43.3 Å². The van der Waals surface area contributed by atoms with Crippen LogP contribution < -0.4 is 16.0 Å². The fraction of sp³-hybridized carbons (Fsp3) is 0.316. The fourth-order valence-corrected chi connectivity index (χ4v) is 2.51. The van der Waals surface area contributed by atoms with Crippen LogP contribution in [-0.2, 0) is 11.3 Å². The second-order valence-corrected chi connectivity index (χ2v) is 5.61. The Balaban J connectivity index is 0.00000288. The van der Waals surface area contributed by atoms with Crippen molar-refractivity contribution in [3.63, 3.8) is 0 Å². The van der Waals surface area contributed by atoms with Gasteiger partial charge in [-0.3, -0.25) is 4.79 Å². The van der Waals surface area contributed by atoms with Crippen molar-refractivity contribution in [2.24, 2.45) is 0 Å². The van der Waals surface area contributed by atoms with Crippen LogP contribution in [0, 0.1) is 13.8 Å². The third-order valence-corrected chi connectivity index (χ3v) is 3.76. The number of anilines is 2. The van der Waals surface area contributed by atoms with Crippen LogP contribution in [0.15, 0.2) is 42.5 Å². The van der Waals surface area contributed by atoms with Gasteiger partial charge in [0.15, 0.2) is 0 Å². The highest BCUT2D eigenvalue weighted by Crippen LogP contribution is 2.19. The van der Waals surface area contributed by atoms with Gasteiger partial charge >= 0.3 is 0 Å². The van der Waals surface area contributed by atoms with Crippen LogP contribution in [0.4, 0.5) is 11.4 Å². The summed E-state index contributed by atoms with van der Waals surface area (Å²) in [4.78, 5) is 12.2. The number of aryl methyl sites for hydroxylation is 2. The van der Waals surface area contributed by atoms with Crippen molar-refractivity contribution in [3.05, 3.63) is 59.2 Å². The first-order valence-corrected chi connectivity index (χ1v) is 8.00. The van der Waals surface area contributed by atoms with Gasteiger partial charge in [0, 0.05) is 17.9 Å². The van der Waals surface area contributed by atoms with Crippen molar-refractivity contribution in [1.82, 2.24) is 5.32 Å². The maximum atomic E-state index is 12.2. The Kier molecular flexibility index (Phi) is 10.9. The lowest BCUT2D eigenvalue weighted by Crippen LogP contribution is -2.23. The smallest absolute Gasteiger partial charge is 0.243 e. The van der Waals surface area contributed by atoms with Crippen molar-refractivity contribution in [3.8, 4) is 0 Å². The minimum absolute atomic E-state index is 0. The van der Waals surface area contributed by atoms with E-state index >= 15 is 0 Å². The Morgan fingerprint density at radius 2 is 1.60 bits per heavy atom. The first-order valence-electron chi connectivity index (χ1n) is 8.00. The number of halogens is 2. The maximum absolute atomic E-state index is 12.2. The zero-order chi connectivity index (χ0) is 16.7. The summed E-state index contributed by atoms with van der Waals surface area (Å²) in [7, 11) is 0. The van der Waals surface area contributed by atoms with E-state index in [2.05, 4.69) is 22.9 Å². The normalized spacial score (nSPS) is 9.56. The minimum atomic E-state index is -0.0448. The van der Waals surface area contributed by atoms with Gasteiger partial charge in [-0.05, 0) is 43.1 Å². The molecule has 0 aromatic heterocycles. The lowest BCUT2D eigenvalue weighted by molar-refractivity contribution is -0.114. The molecule has 0 atom stereocenters. The molecule has 0 saturated heterocycles. The third-order valence-electron chi connectivity index (χ3n) is 3.76. The standard InChI is InChI=1S/C19H25N3O.2ClH/c1-4-20-12-16-10-5-6-11-17(16)22-18(23)13-21-19-14(2)8-7-9-15(19)3;;/h5-11,20-21H,4,12-13H2,1-3H3,(H,22,23);2*1H. The summed E-state index contributed by atoms with van der Waals surface area (Å²) < 4.78 is 0. The van der Waals surface area contributed by atoms with Gasteiger partial charge in [0.1, 0.15) is 0 Å². The molecule has 1 amide bonds. The Bertz CT molecular complexity index is 657. The summed E-state index contributed by atoms with van der Waals surface area (Å²) in [6, 6.07) is 14.0. The SMILES string of the molecule is CCNCc1ccccc1NC(=O)CNc1c(C)cccc1C.Cl.Cl. The number of nitrogens with one attached hydrogen (secondary N) is 3. The maximum Gasteiger partial charge on any atom is 0.243 e. The molecule has 2 aromatic rings. The van der Waals surface area contributed by atoms with Gasteiger partial charge in [-0.15, -0.1) is 24.8 Å². The molecule has 25 heavy (non-hydrogen) atoms. The Morgan fingerprint density at radius 1 is 0.960 bits per heavy atom. The number of carbonyl (C=O) groups excluding carboxylic acids is 1. The quantitative estimate of drug-likeness (QED) is 0.667. The molecule has 0 aliphatic heterocycles. The molecule has 0 bridgehead atoms. The summed E-state index contributed by atoms with van der Waals surface area (Å²) in [6.45, 7) is 8.04. The van der Waals surface area contributed by atoms with E-state index in [1.165, 1.54) is 0 Å². The molecule has 0 aliphatic carbocycles. The Morgan fingerprint density at radius 3 is 2.24 bits per heavy atom. The Labute approximate surface area is 162 Å². The number of para-hydroxylation sites is 2. The van der Waals surface area contributed by atoms with Crippen LogP contribution in [0.25, 0.3) is 0 Å². The summed E-state index contributed by atoms with van der Waals surface area (Å²) in [5.74, 6) is -0.0448. The minimum Gasteiger partial charge on any atom is -0.376 e. The first-order chi connectivity index (χ1) is 11.1. The van der Waals surface area contributed by atoms with E-state index in [0.717, 1.165) is 41.2 Å². The van der Waals surface area contributed by atoms with E-state index in [1.807, 2.05) is 56.3 Å². The molecular weight excluding hydrogens is 357 g/mol. The molecule has 0 saturated carbocycles. The Hall–Kier alpha value is -1.75. The zero-order valence-corrected chi connectivity index (χ0v) is 16.5. The van der Waals surface area contributed by atoms with E-state index < -0.39 is 0 Å². The summed E-state index contributed by atoms with van der Waals surface area (Å²) in [5.41, 5.74) is 5.27. The number of amides is 1. The van der Waals surface area contributed by atoms with Crippen LogP contribution >= 0.6 is 24.8 Å². The van der Waals surface area contributed by atoms with E-state index in [0.29, 0.717) is 0 Å². The highest BCUT2D eigenvalue weighted by Gasteiger charge is 2.08. The number of benzene rings is 2. The largest absolute Gasteiger partial charge is 0.376 e. The monoisotopic (exact) mass is 383 g/mol. The highest BCUT2D eigenvalue weighted by molar-refractivity contribution is 5.94. The fourth-order valence-electron chi connectivity index (χ4n) is 2.51. The zero-order valence-electron chi connectivity index (χ0n) is 14.9. The van der Waals surface area contributed by atoms with Gasteiger partial charge < -0.3 is 16.0 Å². The summed E-state index contributed by atoms with van der Waals surface area (Å²) in [6.07, 6.45) is 0. The van der Waals surface area contributed by atoms with Crippen LogP contribution in [0.1, 0.15) is 23.6 Å². The number of rotatable bonds is 7. The van der Waals surface area contributed by atoms with Crippen molar-refractivity contribution >= 4 is 42.1 Å². The van der Waals surface area contributed by atoms with Crippen molar-refractivity contribution < 1.29 is 4.79 Å². The van der Waals surface area contributed by atoms with Gasteiger partial charge in [0.2, 0.25) is 5.91 Å². The topological polar surface area (TPSA) is 53.2 Å². The molecule has 0 fully saturated rings. The molecule has 4 nitrogen and oxygen atoms in total. The van der Waals surface area contributed by atoms with Crippen LogP contribution in [0.3, 0.4) is 0 Å². The molecule has 0 spiro atoms. The lowest BCUT2D eigenvalue weighted by Gasteiger charge is -2.14. The van der Waals surface area contributed by atoms with E-state index in [9.17, 15) is 4.79 Å². The lowest BCUT2D eigenvalue weighted by atomic mass is 10.1. The van der Waals surface area contributed by atoms with Gasteiger partial charge in [0.05, 0.1) is 6.54 Å². The molecule has 0 aliphatic rings. The molecule has 2 rings (SSSR count). The first kappa shape index (κ1) is 23.2. The van der Waals surface area contributed by atoms with E-state index in [1.54, 1.807) is 0 Å². The molecule has 138 valence electrons. The van der Waals surface area contributed by atoms with Gasteiger partial charge in [-0.25, -0.2) is 0 Å². The van der Waals surface area contributed by atoms with Crippen LogP contribution in [0.2, 0.25) is 0 Å². The van der Waals surface area contributed by atoms with E-state index in [4.69, 9.17) is 0 Å². The summed E-state index contributed by atoms with van der Waals surface area (Å²) >= 11 is 0. The van der Waals surface area contributed by atoms with Crippen LogP contribution in [0.5, 0.6) is 0 Å². The van der Waals surface area contributed by atoms with E-state index in [-0.39, 0.29) is 37.3 Å². The predicted molar refractivity (Wildman–Crippen MR) is 111 cm³/mol. The average Bonchev–Trinajstić information content (AvgIpc) is 2.53. The molecule has 2 aromatic carbocycles.